The summed E-state index contributed by atoms with van der Waals surface area (Å²) in [6.45, 7) is 18.1. The van der Waals surface area contributed by atoms with Gasteiger partial charge in [-0.2, -0.15) is 0 Å². The Morgan fingerprint density at radius 1 is 1.08 bits per heavy atom. The van der Waals surface area contributed by atoms with E-state index in [0.717, 1.165) is 78.1 Å². The van der Waals surface area contributed by atoms with Crippen LogP contribution in [0.3, 0.4) is 0 Å². The summed E-state index contributed by atoms with van der Waals surface area (Å²) >= 11 is 1.58. The number of anilines is 1. The minimum absolute atomic E-state index is 0.0651. The number of nitrogens with one attached hydrogen (secondary N) is 2. The van der Waals surface area contributed by atoms with Crippen LogP contribution in [0.5, 0.6) is 0 Å². The Balaban J connectivity index is 1.20. The van der Waals surface area contributed by atoms with Crippen molar-refractivity contribution >= 4 is 51.2 Å². The van der Waals surface area contributed by atoms with Gasteiger partial charge in [-0.3, -0.25) is 29.4 Å². The lowest BCUT2D eigenvalue weighted by Gasteiger charge is -2.37. The largest absolute Gasteiger partial charge is 0.464 e. The third kappa shape index (κ3) is 9.51. The molecule has 66 heavy (non-hydrogen) atoms. The third-order valence-electron chi connectivity index (χ3n) is 15.1. The van der Waals surface area contributed by atoms with Crippen LogP contribution in [0.2, 0.25) is 0 Å². The number of aromatic nitrogens is 2. The maximum Gasteiger partial charge on any atom is 0.324 e. The topological polar surface area (TPSA) is 152 Å². The van der Waals surface area contributed by atoms with Gasteiger partial charge in [0.25, 0.3) is 5.91 Å². The zero-order valence-electron chi connectivity index (χ0n) is 40.1. The quantitative estimate of drug-likeness (QED) is 0.207. The Morgan fingerprint density at radius 2 is 1.85 bits per heavy atom. The number of benzene rings is 1. The van der Waals surface area contributed by atoms with E-state index >= 15 is 0 Å². The predicted molar refractivity (Wildman–Crippen MR) is 257 cm³/mol. The normalized spacial score (nSPS) is 28.4. The fourth-order valence-electron chi connectivity index (χ4n) is 10.5. The molecule has 1 aromatic carbocycles. The first kappa shape index (κ1) is 47.0. The number of rotatable bonds is 12. The van der Waals surface area contributed by atoms with E-state index in [9.17, 15) is 14.4 Å². The molecule has 1 unspecified atom stereocenters. The highest BCUT2D eigenvalue weighted by Crippen LogP contribution is 2.52. The van der Waals surface area contributed by atoms with Gasteiger partial charge in [-0.05, 0) is 108 Å². The molecule has 4 aliphatic heterocycles. The minimum atomic E-state index is -1.05. The van der Waals surface area contributed by atoms with Gasteiger partial charge < -0.3 is 38.6 Å². The number of cyclic esters (lactones) is 1. The number of nitrogens with zero attached hydrogens (tertiary/aromatic N) is 6. The SMILES string of the molecule is CCO[C@@H]1C2=NC(CS2)c2ccc3c(c2)c(c(-c2cc(N4CCN(C)CC4)cnc2[C@H](C)OC)n3CCOC(C)C)CC2(CC2)COC(=O)[C@@H]2CCCN(N2)C(=O)[C@H]1NC(=O)[C@H]1[C@H](C)[C@@H]1C. The van der Waals surface area contributed by atoms with Crippen LogP contribution in [0.15, 0.2) is 35.5 Å². The average molecular weight is 927 g/mol. The molecule has 2 saturated carbocycles. The van der Waals surface area contributed by atoms with E-state index in [1.54, 1.807) is 18.9 Å². The molecule has 8 atom stereocenters. The van der Waals surface area contributed by atoms with Crippen molar-refractivity contribution in [2.45, 2.75) is 117 Å². The maximum absolute atomic E-state index is 14.7. The first-order chi connectivity index (χ1) is 31.8. The van der Waals surface area contributed by atoms with Gasteiger partial charge >= 0.3 is 5.97 Å². The number of fused-ring (bicyclic) bond motifs is 5. The van der Waals surface area contributed by atoms with Crippen LogP contribution in [0.1, 0.15) is 96.2 Å². The molecule has 9 rings (SSSR count). The smallest absolute Gasteiger partial charge is 0.324 e. The van der Waals surface area contributed by atoms with Crippen LogP contribution in [0.25, 0.3) is 22.2 Å². The van der Waals surface area contributed by atoms with Gasteiger partial charge in [0.15, 0.2) is 0 Å². The molecule has 2 N–H and O–H groups in total. The number of hydrogen-bond donors (Lipinski definition) is 2. The van der Waals surface area contributed by atoms with Gasteiger partial charge in [-0.1, -0.05) is 19.9 Å². The van der Waals surface area contributed by atoms with Crippen LogP contribution in [-0.4, -0.2) is 139 Å². The Hall–Kier alpha value is -4.06. The summed E-state index contributed by atoms with van der Waals surface area (Å²) < 4.78 is 27.5. The average Bonchev–Trinajstić information content (AvgIpc) is 4.09. The summed E-state index contributed by atoms with van der Waals surface area (Å²) in [6.07, 6.45) is 4.62. The van der Waals surface area contributed by atoms with Crippen molar-refractivity contribution < 1.29 is 33.3 Å². The summed E-state index contributed by atoms with van der Waals surface area (Å²) in [6, 6.07) is 7.07. The highest BCUT2D eigenvalue weighted by molar-refractivity contribution is 8.14. The number of carbonyl (C=O) groups is 3. The number of pyridine rings is 1. The fraction of sp³-hybridized carbons (Fsp3) is 0.660. The second kappa shape index (κ2) is 19.5. The predicted octanol–water partition coefficient (Wildman–Crippen LogP) is 5.94. The Bertz CT molecular complexity index is 2320. The van der Waals surface area contributed by atoms with E-state index in [4.69, 9.17) is 28.9 Å². The number of ether oxygens (including phenoxy) is 4. The first-order valence-electron chi connectivity index (χ1n) is 24.4. The van der Waals surface area contributed by atoms with Crippen molar-refractivity contribution in [2.75, 3.05) is 77.4 Å². The van der Waals surface area contributed by atoms with Crippen molar-refractivity contribution in [1.29, 1.82) is 0 Å². The van der Waals surface area contributed by atoms with E-state index in [-0.39, 0.29) is 65.8 Å². The van der Waals surface area contributed by atoms with Crippen molar-refractivity contribution in [1.82, 2.24) is 30.2 Å². The fourth-order valence-corrected chi connectivity index (χ4v) is 11.6. The summed E-state index contributed by atoms with van der Waals surface area (Å²) in [5.41, 5.74) is 10.4. The lowest BCUT2D eigenvalue weighted by Crippen LogP contribution is -2.63. The molecule has 3 aromatic rings. The first-order valence-corrected chi connectivity index (χ1v) is 25.4. The molecule has 2 aromatic heterocycles. The second-order valence-electron chi connectivity index (χ2n) is 20.0. The molecule has 0 radical (unpaired) electrons. The van der Waals surface area contributed by atoms with Crippen molar-refractivity contribution in [3.63, 3.8) is 0 Å². The molecule has 6 bridgehead atoms. The molecular weight excluding hydrogens is 857 g/mol. The van der Waals surface area contributed by atoms with Gasteiger partial charge in [0.1, 0.15) is 23.2 Å². The summed E-state index contributed by atoms with van der Waals surface area (Å²) in [7, 11) is 3.91. The number of aliphatic imine (C=N–C) groups is 1. The lowest BCUT2D eigenvalue weighted by molar-refractivity contribution is -0.155. The number of piperazine rings is 1. The van der Waals surface area contributed by atoms with E-state index in [0.29, 0.717) is 56.4 Å². The van der Waals surface area contributed by atoms with Gasteiger partial charge in [-0.15, -0.1) is 11.8 Å². The number of amides is 2. The molecular formula is C50H70N8O7S. The third-order valence-corrected chi connectivity index (χ3v) is 16.2. The van der Waals surface area contributed by atoms with Crippen LogP contribution in [-0.2, 0) is 46.3 Å². The lowest BCUT2D eigenvalue weighted by atomic mass is 9.91. The van der Waals surface area contributed by atoms with Crippen LogP contribution in [0, 0.1) is 23.2 Å². The van der Waals surface area contributed by atoms with E-state index < -0.39 is 18.2 Å². The van der Waals surface area contributed by atoms with E-state index in [2.05, 4.69) is 91.0 Å². The molecule has 2 saturated heterocycles. The molecule has 6 aliphatic rings. The Kier molecular flexibility index (Phi) is 13.9. The second-order valence-corrected chi connectivity index (χ2v) is 21.0. The molecule has 15 nitrogen and oxygen atoms in total. The molecule has 4 fully saturated rings. The zero-order chi connectivity index (χ0) is 46.4. The molecule has 2 amide bonds. The van der Waals surface area contributed by atoms with Crippen LogP contribution >= 0.6 is 11.8 Å². The monoisotopic (exact) mass is 927 g/mol. The molecule has 1 spiro atoms. The standard InChI is InChI=1S/C50H70N8O7S/c1-9-63-45-43(53-46(59)41-30(4)31(41)5)48(60)58-16-10-11-38(54-58)49(61)65-28-50(14-15-50)25-37-35-23-33(39-27-66-47(45)52-39)12-13-40(35)57(21-22-64-29(2)3)44(37)36-24-34(26-51-42(36)32(6)62-8)56-19-17-55(7)18-20-56/h12-13,23-24,26,29-32,38-39,41,43,45,54H,9-11,14-22,25,27-28H2,1-8H3,(H,53,59)/t30-,31+,32-,38-,39?,41+,43-,45-/m0/s1. The summed E-state index contributed by atoms with van der Waals surface area (Å²) in [4.78, 5) is 58.0. The number of thioether (sulfide) groups is 1. The Labute approximate surface area is 394 Å². The van der Waals surface area contributed by atoms with E-state index in [1.807, 2.05) is 13.1 Å². The van der Waals surface area contributed by atoms with Crippen molar-refractivity contribution in [3.05, 3.63) is 47.3 Å². The van der Waals surface area contributed by atoms with Crippen LogP contribution in [0.4, 0.5) is 5.69 Å². The molecule has 6 heterocycles. The zero-order valence-corrected chi connectivity index (χ0v) is 41.0. The van der Waals surface area contributed by atoms with Gasteiger partial charge in [0.2, 0.25) is 5.91 Å². The molecule has 358 valence electrons. The van der Waals surface area contributed by atoms with Crippen LogP contribution < -0.4 is 15.6 Å². The van der Waals surface area contributed by atoms with Gasteiger partial charge in [0.05, 0.1) is 54.7 Å². The summed E-state index contributed by atoms with van der Waals surface area (Å²) in [5, 5.41) is 6.44. The number of esters is 1. The number of likely N-dealkylation sites (N-methyl/N-ethyl adjacent to an activating group) is 1. The summed E-state index contributed by atoms with van der Waals surface area (Å²) in [5.74, 6) is 0.0361. The van der Waals surface area contributed by atoms with Crippen molar-refractivity contribution in [2.24, 2.45) is 28.2 Å². The van der Waals surface area contributed by atoms with Gasteiger partial charge in [0, 0.05) is 86.5 Å². The Morgan fingerprint density at radius 3 is 2.55 bits per heavy atom. The minimum Gasteiger partial charge on any atom is -0.464 e. The number of methoxy groups -OCH3 is 1. The number of carbonyl (C=O) groups excluding carboxylic acids is 3. The maximum atomic E-state index is 14.7. The molecule has 2 aliphatic carbocycles. The highest BCUT2D eigenvalue weighted by Gasteiger charge is 2.51. The number of hydrogen-bond acceptors (Lipinski definition) is 13. The van der Waals surface area contributed by atoms with E-state index in [1.165, 1.54) is 10.6 Å². The van der Waals surface area contributed by atoms with Gasteiger partial charge in [-0.25, -0.2) is 5.43 Å². The number of hydrazine groups is 1. The molecule has 16 heteroatoms. The van der Waals surface area contributed by atoms with Crippen molar-refractivity contribution in [3.8, 4) is 11.3 Å². The highest BCUT2D eigenvalue weighted by atomic mass is 32.2.